The highest BCUT2D eigenvalue weighted by Crippen LogP contribution is 2.29. The number of nitrogens with zero attached hydrogens (tertiary/aromatic N) is 6. The fourth-order valence-electron chi connectivity index (χ4n) is 2.26. The van der Waals surface area contributed by atoms with E-state index in [9.17, 15) is 13.2 Å². The average Bonchev–Trinajstić information content (AvgIpc) is 2.60. The van der Waals surface area contributed by atoms with Crippen LogP contribution in [0.25, 0.3) is 11.5 Å². The Bertz CT molecular complexity index is 975. The normalized spacial score (nSPS) is 11.5. The van der Waals surface area contributed by atoms with Crippen molar-refractivity contribution in [3.63, 3.8) is 0 Å². The van der Waals surface area contributed by atoms with Gasteiger partial charge in [-0.1, -0.05) is 6.07 Å². The molecule has 0 aliphatic carbocycles. The largest absolute Gasteiger partial charge is 0.433 e. The summed E-state index contributed by atoms with van der Waals surface area (Å²) in [6, 6.07) is 7.65. The monoisotopic (exact) mass is 390 g/mol. The van der Waals surface area contributed by atoms with Crippen LogP contribution in [0.1, 0.15) is 11.4 Å². The number of anilines is 3. The number of hydrogen-bond acceptors (Lipinski definition) is 8. The molecule has 8 nitrogen and oxygen atoms in total. The maximum Gasteiger partial charge on any atom is 0.433 e. The molecule has 0 radical (unpaired) electrons. The van der Waals surface area contributed by atoms with Crippen molar-refractivity contribution in [3.8, 4) is 11.5 Å². The van der Waals surface area contributed by atoms with E-state index in [-0.39, 0.29) is 23.4 Å². The van der Waals surface area contributed by atoms with E-state index in [0.717, 1.165) is 18.0 Å². The van der Waals surface area contributed by atoms with Crippen LogP contribution in [0, 0.1) is 6.92 Å². The minimum absolute atomic E-state index is 0.0666. The standard InChI is InChI=1S/C17H17F3N8/c1-10-5-4-6-12(22-10)14-24-15(26-16(25-14)27-28(2)3)23-11-7-8-21-13(9-11)17(18,19)20/h4-9H,1-3H3,(H2,21,23,24,25,26,27). The summed E-state index contributed by atoms with van der Waals surface area (Å²) in [7, 11) is 3.50. The van der Waals surface area contributed by atoms with Crippen LogP contribution in [0.15, 0.2) is 36.5 Å². The van der Waals surface area contributed by atoms with Crippen LogP contribution >= 0.6 is 0 Å². The molecule has 0 aliphatic heterocycles. The van der Waals surface area contributed by atoms with E-state index in [1.165, 1.54) is 6.07 Å². The molecule has 0 aliphatic rings. The van der Waals surface area contributed by atoms with Crippen molar-refractivity contribution >= 4 is 17.6 Å². The number of hydrogen-bond donors (Lipinski definition) is 2. The zero-order valence-electron chi connectivity index (χ0n) is 15.3. The number of alkyl halides is 3. The van der Waals surface area contributed by atoms with Crippen LogP contribution in [0.2, 0.25) is 0 Å². The van der Waals surface area contributed by atoms with Crippen LogP contribution in [-0.2, 0) is 6.18 Å². The summed E-state index contributed by atoms with van der Waals surface area (Å²) >= 11 is 0. The SMILES string of the molecule is Cc1cccc(-c2nc(Nc3ccnc(C(F)(F)F)c3)nc(NN(C)C)n2)n1. The van der Waals surface area contributed by atoms with Crippen LogP contribution < -0.4 is 10.7 Å². The quantitative estimate of drug-likeness (QED) is 0.642. The fraction of sp³-hybridized carbons (Fsp3) is 0.235. The second-order valence-corrected chi connectivity index (χ2v) is 6.03. The molecule has 0 saturated heterocycles. The fourth-order valence-corrected chi connectivity index (χ4v) is 2.26. The highest BCUT2D eigenvalue weighted by Gasteiger charge is 2.32. The summed E-state index contributed by atoms with van der Waals surface area (Å²) in [5.41, 5.74) is 3.32. The number of pyridine rings is 2. The number of rotatable bonds is 5. The molecule has 2 N–H and O–H groups in total. The van der Waals surface area contributed by atoms with Crippen molar-refractivity contribution < 1.29 is 13.2 Å². The summed E-state index contributed by atoms with van der Waals surface area (Å²) < 4.78 is 38.6. The molecule has 3 aromatic rings. The Balaban J connectivity index is 1.99. The summed E-state index contributed by atoms with van der Waals surface area (Å²) in [5, 5.41) is 4.39. The number of halogens is 3. The first-order valence-corrected chi connectivity index (χ1v) is 8.15. The van der Waals surface area contributed by atoms with Crippen molar-refractivity contribution in [1.29, 1.82) is 0 Å². The maximum atomic E-state index is 12.9. The van der Waals surface area contributed by atoms with Gasteiger partial charge in [-0.3, -0.25) is 10.4 Å². The molecule has 0 atom stereocenters. The first-order valence-electron chi connectivity index (χ1n) is 8.15. The van der Waals surface area contributed by atoms with Gasteiger partial charge in [0.05, 0.1) is 0 Å². The third kappa shape index (κ3) is 4.88. The Morgan fingerprint density at radius 3 is 2.39 bits per heavy atom. The highest BCUT2D eigenvalue weighted by molar-refractivity contribution is 5.58. The number of aryl methyl sites for hydroxylation is 1. The smallest absolute Gasteiger partial charge is 0.324 e. The number of hydrazine groups is 1. The third-order valence-corrected chi connectivity index (χ3v) is 3.38. The zero-order chi connectivity index (χ0) is 20.3. The predicted octanol–water partition coefficient (Wildman–Crippen LogP) is 3.29. The highest BCUT2D eigenvalue weighted by atomic mass is 19.4. The molecule has 0 fully saturated rings. The molecule has 28 heavy (non-hydrogen) atoms. The lowest BCUT2D eigenvalue weighted by molar-refractivity contribution is -0.141. The second kappa shape index (κ2) is 7.72. The molecular weight excluding hydrogens is 373 g/mol. The van der Waals surface area contributed by atoms with Crippen molar-refractivity contribution in [3.05, 3.63) is 47.9 Å². The molecule has 0 unspecified atom stereocenters. The summed E-state index contributed by atoms with van der Waals surface area (Å²) in [4.78, 5) is 20.5. The van der Waals surface area contributed by atoms with E-state index in [1.807, 2.05) is 19.1 Å². The van der Waals surface area contributed by atoms with Gasteiger partial charge in [0.25, 0.3) is 0 Å². The average molecular weight is 390 g/mol. The molecule has 0 aromatic carbocycles. The Hall–Kier alpha value is -3.34. The minimum Gasteiger partial charge on any atom is -0.324 e. The first-order chi connectivity index (χ1) is 13.2. The molecular formula is C17H17F3N8. The Labute approximate surface area is 158 Å². The zero-order valence-corrected chi connectivity index (χ0v) is 15.3. The van der Waals surface area contributed by atoms with Crippen molar-refractivity contribution in [2.45, 2.75) is 13.1 Å². The van der Waals surface area contributed by atoms with E-state index in [2.05, 4.69) is 35.7 Å². The number of nitrogens with one attached hydrogen (secondary N) is 2. The van der Waals surface area contributed by atoms with E-state index in [4.69, 9.17) is 0 Å². The Morgan fingerprint density at radius 2 is 1.71 bits per heavy atom. The maximum absolute atomic E-state index is 12.9. The van der Waals surface area contributed by atoms with Gasteiger partial charge in [0.2, 0.25) is 11.9 Å². The van der Waals surface area contributed by atoms with Crippen molar-refractivity contribution in [2.75, 3.05) is 24.8 Å². The second-order valence-electron chi connectivity index (χ2n) is 6.03. The lowest BCUT2D eigenvalue weighted by Crippen LogP contribution is -2.22. The molecule has 146 valence electrons. The molecule has 0 amide bonds. The van der Waals surface area contributed by atoms with E-state index < -0.39 is 11.9 Å². The first kappa shape index (κ1) is 19.4. The number of aromatic nitrogens is 5. The van der Waals surface area contributed by atoms with E-state index in [1.54, 1.807) is 25.2 Å². The topological polar surface area (TPSA) is 91.8 Å². The summed E-state index contributed by atoms with van der Waals surface area (Å²) in [6.07, 6.45) is -3.49. The van der Waals surface area contributed by atoms with Gasteiger partial charge in [0.15, 0.2) is 5.82 Å². The molecule has 11 heteroatoms. The Kier molecular flexibility index (Phi) is 5.36. The van der Waals surface area contributed by atoms with Crippen molar-refractivity contribution in [1.82, 2.24) is 29.9 Å². The van der Waals surface area contributed by atoms with E-state index >= 15 is 0 Å². The van der Waals surface area contributed by atoms with Crippen LogP contribution in [-0.4, -0.2) is 44.0 Å². The van der Waals surface area contributed by atoms with Crippen LogP contribution in [0.3, 0.4) is 0 Å². The molecule has 0 saturated carbocycles. The van der Waals surface area contributed by atoms with Crippen LogP contribution in [0.4, 0.5) is 30.8 Å². The van der Waals surface area contributed by atoms with Gasteiger partial charge in [0, 0.05) is 31.7 Å². The Morgan fingerprint density at radius 1 is 0.964 bits per heavy atom. The summed E-state index contributed by atoms with van der Waals surface area (Å²) in [5.74, 6) is 0.554. The van der Waals surface area contributed by atoms with Crippen molar-refractivity contribution in [2.24, 2.45) is 0 Å². The van der Waals surface area contributed by atoms with Gasteiger partial charge in [0.1, 0.15) is 11.4 Å². The van der Waals surface area contributed by atoms with Gasteiger partial charge < -0.3 is 5.32 Å². The molecule has 0 spiro atoms. The minimum atomic E-state index is -4.55. The molecule has 3 rings (SSSR count). The molecule has 3 aromatic heterocycles. The molecule has 3 heterocycles. The van der Waals surface area contributed by atoms with Gasteiger partial charge in [-0.15, -0.1) is 0 Å². The molecule has 0 bridgehead atoms. The third-order valence-electron chi connectivity index (χ3n) is 3.38. The lowest BCUT2D eigenvalue weighted by atomic mass is 10.3. The summed E-state index contributed by atoms with van der Waals surface area (Å²) in [6.45, 7) is 1.83. The van der Waals surface area contributed by atoms with Gasteiger partial charge in [-0.2, -0.15) is 28.1 Å². The predicted molar refractivity (Wildman–Crippen MR) is 97.6 cm³/mol. The van der Waals surface area contributed by atoms with Gasteiger partial charge in [-0.05, 0) is 31.2 Å². The lowest BCUT2D eigenvalue weighted by Gasteiger charge is -2.14. The van der Waals surface area contributed by atoms with E-state index in [0.29, 0.717) is 5.69 Å². The van der Waals surface area contributed by atoms with Gasteiger partial charge >= 0.3 is 6.18 Å². The van der Waals surface area contributed by atoms with Crippen LogP contribution in [0.5, 0.6) is 0 Å². The van der Waals surface area contributed by atoms with Gasteiger partial charge in [-0.25, -0.2) is 9.99 Å².